The Balaban J connectivity index is 3.55. The molecule has 0 aliphatic rings. The van der Waals surface area contributed by atoms with Gasteiger partial charge in [-0.15, -0.1) is 0 Å². The van der Waals surface area contributed by atoms with Crippen LogP contribution in [0.2, 0.25) is 0 Å². The van der Waals surface area contributed by atoms with Crippen molar-refractivity contribution in [1.82, 2.24) is 10.2 Å². The zero-order valence-corrected chi connectivity index (χ0v) is 10.9. The summed E-state index contributed by atoms with van der Waals surface area (Å²) >= 11 is 0. The summed E-state index contributed by atoms with van der Waals surface area (Å²) in [4.78, 5) is 2.25. The largest absolute Gasteiger partial charge is 0.316 e. The van der Waals surface area contributed by atoms with E-state index in [0.29, 0.717) is 5.41 Å². The van der Waals surface area contributed by atoms with Gasteiger partial charge in [-0.2, -0.15) is 0 Å². The van der Waals surface area contributed by atoms with Crippen LogP contribution in [-0.4, -0.2) is 38.6 Å². The van der Waals surface area contributed by atoms with Gasteiger partial charge in [0, 0.05) is 13.1 Å². The molecule has 0 unspecified atom stereocenters. The summed E-state index contributed by atoms with van der Waals surface area (Å²) < 4.78 is 0. The molecule has 1 N–H and O–H groups in total. The van der Waals surface area contributed by atoms with E-state index >= 15 is 0 Å². The Hall–Kier alpha value is -0.0800. The minimum Gasteiger partial charge on any atom is -0.316 e. The Morgan fingerprint density at radius 3 is 2.21 bits per heavy atom. The van der Waals surface area contributed by atoms with Crippen LogP contribution in [0.15, 0.2) is 0 Å². The quantitative estimate of drug-likeness (QED) is 0.634. The van der Waals surface area contributed by atoms with Crippen molar-refractivity contribution in [2.24, 2.45) is 11.3 Å². The lowest BCUT2D eigenvalue weighted by molar-refractivity contribution is 0.232. The number of hydrogen-bond donors (Lipinski definition) is 1. The molecule has 0 saturated heterocycles. The highest BCUT2D eigenvalue weighted by atomic mass is 15.1. The van der Waals surface area contributed by atoms with E-state index in [1.807, 2.05) is 0 Å². The molecular weight excluding hydrogens is 172 g/mol. The Bertz CT molecular complexity index is 139. The second-order valence-corrected chi connectivity index (χ2v) is 5.76. The number of nitrogens with one attached hydrogen (secondary N) is 1. The molecule has 0 aliphatic heterocycles. The van der Waals surface area contributed by atoms with Crippen LogP contribution in [-0.2, 0) is 0 Å². The van der Waals surface area contributed by atoms with Crippen molar-refractivity contribution in [3.8, 4) is 0 Å². The van der Waals surface area contributed by atoms with Gasteiger partial charge in [0.05, 0.1) is 0 Å². The molecule has 86 valence electrons. The van der Waals surface area contributed by atoms with Gasteiger partial charge in [-0.1, -0.05) is 27.7 Å². The molecule has 0 radical (unpaired) electrons. The van der Waals surface area contributed by atoms with Gasteiger partial charge in [-0.25, -0.2) is 0 Å². The van der Waals surface area contributed by atoms with Gasteiger partial charge in [-0.3, -0.25) is 0 Å². The van der Waals surface area contributed by atoms with Crippen molar-refractivity contribution in [2.45, 2.75) is 34.1 Å². The molecule has 2 heteroatoms. The summed E-state index contributed by atoms with van der Waals surface area (Å²) in [6, 6.07) is 0. The van der Waals surface area contributed by atoms with Crippen molar-refractivity contribution in [2.75, 3.05) is 33.7 Å². The van der Waals surface area contributed by atoms with E-state index in [1.165, 1.54) is 6.42 Å². The molecule has 0 fully saturated rings. The van der Waals surface area contributed by atoms with Crippen molar-refractivity contribution < 1.29 is 0 Å². The minimum atomic E-state index is 0.375. The maximum Gasteiger partial charge on any atom is 0.00387 e. The van der Waals surface area contributed by atoms with Gasteiger partial charge in [0.1, 0.15) is 0 Å². The second-order valence-electron chi connectivity index (χ2n) is 5.76. The summed E-state index contributed by atoms with van der Waals surface area (Å²) in [5.41, 5.74) is 0.375. The first-order chi connectivity index (χ1) is 6.33. The van der Waals surface area contributed by atoms with Crippen molar-refractivity contribution in [3.05, 3.63) is 0 Å². The lowest BCUT2D eigenvalue weighted by Gasteiger charge is -2.28. The first kappa shape index (κ1) is 13.9. The van der Waals surface area contributed by atoms with Gasteiger partial charge in [0.15, 0.2) is 0 Å². The minimum absolute atomic E-state index is 0.375. The topological polar surface area (TPSA) is 15.3 Å². The molecule has 14 heavy (non-hydrogen) atoms. The predicted octanol–water partition coefficient (Wildman–Crippen LogP) is 2.21. The van der Waals surface area contributed by atoms with E-state index in [4.69, 9.17) is 0 Å². The van der Waals surface area contributed by atoms with Gasteiger partial charge in [0.2, 0.25) is 0 Å². The van der Waals surface area contributed by atoms with Gasteiger partial charge < -0.3 is 10.2 Å². The first-order valence-electron chi connectivity index (χ1n) is 5.69. The lowest BCUT2D eigenvalue weighted by Crippen LogP contribution is -2.38. The monoisotopic (exact) mass is 200 g/mol. The molecule has 0 aromatic heterocycles. The zero-order valence-electron chi connectivity index (χ0n) is 10.9. The van der Waals surface area contributed by atoms with Gasteiger partial charge in [-0.05, 0) is 38.4 Å². The van der Waals surface area contributed by atoms with Crippen LogP contribution < -0.4 is 5.32 Å². The highest BCUT2D eigenvalue weighted by molar-refractivity contribution is 4.74. The third-order valence-corrected chi connectivity index (χ3v) is 2.25. The molecule has 2 nitrogen and oxygen atoms in total. The summed E-state index contributed by atoms with van der Waals surface area (Å²) in [7, 11) is 4.27. The standard InChI is InChI=1S/C12H28N2/c1-11(2)7-8-13-9-12(3,4)10-14(5)6/h11,13H,7-10H2,1-6H3. The number of nitrogens with zero attached hydrogens (tertiary/aromatic N) is 1. The average Bonchev–Trinajstić information content (AvgIpc) is 1.95. The zero-order chi connectivity index (χ0) is 11.2. The van der Waals surface area contributed by atoms with E-state index in [0.717, 1.165) is 25.6 Å². The maximum atomic E-state index is 3.54. The van der Waals surface area contributed by atoms with Gasteiger partial charge >= 0.3 is 0 Å². The molecule has 0 heterocycles. The predicted molar refractivity (Wildman–Crippen MR) is 64.7 cm³/mol. The Morgan fingerprint density at radius 2 is 1.79 bits per heavy atom. The highest BCUT2D eigenvalue weighted by Crippen LogP contribution is 2.14. The van der Waals surface area contributed by atoms with Crippen molar-refractivity contribution >= 4 is 0 Å². The highest BCUT2D eigenvalue weighted by Gasteiger charge is 2.17. The van der Waals surface area contributed by atoms with E-state index < -0.39 is 0 Å². The molecule has 0 rings (SSSR count). The summed E-state index contributed by atoms with van der Waals surface area (Å²) in [6.45, 7) is 12.6. The molecule has 0 aromatic rings. The maximum absolute atomic E-state index is 3.54. The molecule has 0 aliphatic carbocycles. The molecule has 0 amide bonds. The molecular formula is C12H28N2. The molecule has 0 atom stereocenters. The average molecular weight is 200 g/mol. The second kappa shape index (κ2) is 6.41. The van der Waals surface area contributed by atoms with Crippen molar-refractivity contribution in [3.63, 3.8) is 0 Å². The van der Waals surface area contributed by atoms with E-state index in [2.05, 4.69) is 52.0 Å². The number of rotatable bonds is 7. The number of hydrogen-bond acceptors (Lipinski definition) is 2. The van der Waals surface area contributed by atoms with Crippen LogP contribution in [0.1, 0.15) is 34.1 Å². The molecule has 0 spiro atoms. The van der Waals surface area contributed by atoms with Crippen LogP contribution >= 0.6 is 0 Å². The van der Waals surface area contributed by atoms with Crippen LogP contribution in [0.5, 0.6) is 0 Å². The summed E-state index contributed by atoms with van der Waals surface area (Å²) in [5.74, 6) is 0.805. The Morgan fingerprint density at radius 1 is 1.21 bits per heavy atom. The molecule has 0 saturated carbocycles. The van der Waals surface area contributed by atoms with Crippen LogP contribution in [0.4, 0.5) is 0 Å². The van der Waals surface area contributed by atoms with Gasteiger partial charge in [0.25, 0.3) is 0 Å². The third-order valence-electron chi connectivity index (χ3n) is 2.25. The van der Waals surface area contributed by atoms with E-state index in [-0.39, 0.29) is 0 Å². The summed E-state index contributed by atoms with van der Waals surface area (Å²) in [6.07, 6.45) is 1.28. The third kappa shape index (κ3) is 8.52. The van der Waals surface area contributed by atoms with Crippen LogP contribution in [0.25, 0.3) is 0 Å². The van der Waals surface area contributed by atoms with Crippen LogP contribution in [0, 0.1) is 11.3 Å². The first-order valence-corrected chi connectivity index (χ1v) is 5.69. The summed E-state index contributed by atoms with van der Waals surface area (Å²) in [5, 5.41) is 3.54. The smallest absolute Gasteiger partial charge is 0.00387 e. The molecule has 0 bridgehead atoms. The van der Waals surface area contributed by atoms with Crippen molar-refractivity contribution in [1.29, 1.82) is 0 Å². The van der Waals surface area contributed by atoms with E-state index in [1.54, 1.807) is 0 Å². The fourth-order valence-electron chi connectivity index (χ4n) is 1.73. The Labute approximate surface area is 90.1 Å². The van der Waals surface area contributed by atoms with Crippen LogP contribution in [0.3, 0.4) is 0 Å². The fourth-order valence-corrected chi connectivity index (χ4v) is 1.73. The normalized spacial score (nSPS) is 12.9. The molecule has 0 aromatic carbocycles. The fraction of sp³-hybridized carbons (Fsp3) is 1.00. The SMILES string of the molecule is CC(C)CCNCC(C)(C)CN(C)C. The lowest BCUT2D eigenvalue weighted by atomic mass is 9.93. The van der Waals surface area contributed by atoms with E-state index in [9.17, 15) is 0 Å². The Kier molecular flexibility index (Phi) is 6.38.